The van der Waals surface area contributed by atoms with E-state index in [1.54, 1.807) is 7.11 Å². The number of hydrogen-bond acceptors (Lipinski definition) is 4. The molecule has 4 aromatic rings. The fraction of sp³-hybridized carbons (Fsp3) is 0.222. The smallest absolute Gasteiger partial charge is 0.174 e. The number of aryl methyl sites for hydroxylation is 2. The van der Waals surface area contributed by atoms with Gasteiger partial charge in [0.15, 0.2) is 5.11 Å². The highest BCUT2D eigenvalue weighted by molar-refractivity contribution is 7.80. The monoisotopic (exact) mass is 469 g/mol. The summed E-state index contributed by atoms with van der Waals surface area (Å²) in [7, 11) is 1.67. The lowest BCUT2D eigenvalue weighted by Crippen LogP contribution is -2.29. The van der Waals surface area contributed by atoms with Crippen molar-refractivity contribution in [2.24, 2.45) is 0 Å². The maximum Gasteiger partial charge on any atom is 0.174 e. The highest BCUT2D eigenvalue weighted by Gasteiger charge is 2.42. The van der Waals surface area contributed by atoms with Crippen molar-refractivity contribution in [1.29, 1.82) is 0 Å². The van der Waals surface area contributed by atoms with Crippen molar-refractivity contribution in [1.82, 2.24) is 19.9 Å². The predicted octanol–water partition coefficient (Wildman–Crippen LogP) is 5.38. The first-order chi connectivity index (χ1) is 16.5. The average molecular weight is 470 g/mol. The number of aromatic nitrogens is 3. The molecule has 1 aromatic carbocycles. The third-order valence-corrected chi connectivity index (χ3v) is 6.68. The molecule has 1 aliphatic rings. The van der Waals surface area contributed by atoms with Crippen LogP contribution in [0.3, 0.4) is 0 Å². The van der Waals surface area contributed by atoms with Crippen LogP contribution in [0.1, 0.15) is 40.3 Å². The number of anilines is 1. The number of ether oxygens (including phenoxy) is 1. The molecule has 6 nitrogen and oxygen atoms in total. The Bertz CT molecular complexity index is 1320. The first-order valence-corrected chi connectivity index (χ1v) is 11.7. The van der Waals surface area contributed by atoms with Crippen LogP contribution in [0.4, 0.5) is 5.69 Å². The molecule has 172 valence electrons. The first kappa shape index (κ1) is 22.1. The molecule has 1 fully saturated rings. The molecular weight excluding hydrogens is 442 g/mol. The Balaban J connectivity index is 1.66. The summed E-state index contributed by atoms with van der Waals surface area (Å²) in [4.78, 5) is 11.5. The summed E-state index contributed by atoms with van der Waals surface area (Å²) in [6, 6.07) is 20.2. The number of thiocarbonyl (C=S) groups is 1. The first-order valence-electron chi connectivity index (χ1n) is 11.2. The Hall–Kier alpha value is -3.71. The fourth-order valence-corrected chi connectivity index (χ4v) is 5.07. The summed E-state index contributed by atoms with van der Waals surface area (Å²) >= 11 is 5.87. The summed E-state index contributed by atoms with van der Waals surface area (Å²) in [6.07, 6.45) is 3.73. The minimum absolute atomic E-state index is 0.0822. The van der Waals surface area contributed by atoms with Gasteiger partial charge in [0.05, 0.1) is 24.9 Å². The number of benzene rings is 1. The Kier molecular flexibility index (Phi) is 5.79. The normalized spacial score (nSPS) is 17.6. The Labute approximate surface area is 205 Å². The van der Waals surface area contributed by atoms with Gasteiger partial charge in [0.25, 0.3) is 0 Å². The second kappa shape index (κ2) is 8.91. The summed E-state index contributed by atoms with van der Waals surface area (Å²) in [5, 5.41) is 4.21. The van der Waals surface area contributed by atoms with E-state index in [0.29, 0.717) is 5.11 Å². The maximum absolute atomic E-state index is 5.87. The van der Waals surface area contributed by atoms with Crippen LogP contribution in [0.25, 0.3) is 5.82 Å². The van der Waals surface area contributed by atoms with Crippen LogP contribution in [0, 0.1) is 20.8 Å². The van der Waals surface area contributed by atoms with Gasteiger partial charge in [-0.15, -0.1) is 0 Å². The van der Waals surface area contributed by atoms with Gasteiger partial charge in [0.1, 0.15) is 11.6 Å². The number of rotatable bonds is 5. The van der Waals surface area contributed by atoms with Gasteiger partial charge in [0.2, 0.25) is 0 Å². The van der Waals surface area contributed by atoms with Crippen LogP contribution in [-0.4, -0.2) is 26.8 Å². The van der Waals surface area contributed by atoms with Crippen LogP contribution in [-0.2, 0) is 0 Å². The molecule has 0 spiro atoms. The molecule has 34 heavy (non-hydrogen) atoms. The van der Waals surface area contributed by atoms with Crippen molar-refractivity contribution in [3.63, 3.8) is 0 Å². The van der Waals surface area contributed by atoms with E-state index in [1.807, 2.05) is 61.8 Å². The molecule has 0 aliphatic carbocycles. The molecule has 0 radical (unpaired) electrons. The van der Waals surface area contributed by atoms with Gasteiger partial charge in [-0.2, -0.15) is 0 Å². The van der Waals surface area contributed by atoms with Gasteiger partial charge in [-0.25, -0.2) is 4.98 Å². The minimum atomic E-state index is -0.101. The topological polar surface area (TPSA) is 55.2 Å². The summed E-state index contributed by atoms with van der Waals surface area (Å²) in [5.74, 6) is 1.72. The molecular formula is C27H27N5OS. The predicted molar refractivity (Wildman–Crippen MR) is 139 cm³/mol. The number of methoxy groups -OCH3 is 1. The molecule has 0 saturated carbocycles. The molecule has 3 aromatic heterocycles. The standard InChI is InChI=1S/C27H27N5OS/c1-17-8-13-24(29-16-17)31-18(2)15-22(19(31)3)26-25(23-7-5-6-14-28-23)30-27(34)32(26)20-9-11-21(33-4)12-10-20/h5-16,25-26H,1-4H3,(H,30,34)/t25-,26-/m0/s1. The Morgan fingerprint density at radius 3 is 2.41 bits per heavy atom. The number of nitrogens with zero attached hydrogens (tertiary/aromatic N) is 4. The molecule has 5 rings (SSSR count). The van der Waals surface area contributed by atoms with E-state index in [-0.39, 0.29) is 12.1 Å². The van der Waals surface area contributed by atoms with Crippen molar-refractivity contribution >= 4 is 23.0 Å². The molecule has 7 heteroatoms. The van der Waals surface area contributed by atoms with Crippen molar-refractivity contribution < 1.29 is 4.74 Å². The van der Waals surface area contributed by atoms with Crippen molar-refractivity contribution in [3.8, 4) is 11.6 Å². The van der Waals surface area contributed by atoms with Crippen molar-refractivity contribution in [2.45, 2.75) is 32.9 Å². The van der Waals surface area contributed by atoms with E-state index in [2.05, 4.69) is 56.8 Å². The van der Waals surface area contributed by atoms with E-state index in [4.69, 9.17) is 17.0 Å². The van der Waals surface area contributed by atoms with Crippen LogP contribution < -0.4 is 15.0 Å². The zero-order valence-corrected chi connectivity index (χ0v) is 20.5. The van der Waals surface area contributed by atoms with Gasteiger partial charge in [-0.1, -0.05) is 12.1 Å². The summed E-state index contributed by atoms with van der Waals surface area (Å²) < 4.78 is 7.58. The number of hydrogen-bond donors (Lipinski definition) is 1. The van der Waals surface area contributed by atoms with Crippen LogP contribution >= 0.6 is 12.2 Å². The lowest BCUT2D eigenvalue weighted by Gasteiger charge is -2.28. The lowest BCUT2D eigenvalue weighted by molar-refractivity contribution is 0.415. The highest BCUT2D eigenvalue weighted by Crippen LogP contribution is 2.43. The van der Waals surface area contributed by atoms with Crippen molar-refractivity contribution in [2.75, 3.05) is 12.0 Å². The van der Waals surface area contributed by atoms with Gasteiger partial charge in [-0.05, 0) is 92.6 Å². The molecule has 0 amide bonds. The molecule has 4 heterocycles. The fourth-order valence-electron chi connectivity index (χ4n) is 4.72. The minimum Gasteiger partial charge on any atom is -0.497 e. The quantitative estimate of drug-likeness (QED) is 0.396. The lowest BCUT2D eigenvalue weighted by atomic mass is 9.96. The number of nitrogens with one attached hydrogen (secondary N) is 1. The summed E-state index contributed by atoms with van der Waals surface area (Å²) in [6.45, 7) is 6.31. The van der Waals surface area contributed by atoms with Crippen molar-refractivity contribution in [3.05, 3.63) is 101 Å². The molecule has 0 bridgehead atoms. The number of pyridine rings is 2. The largest absolute Gasteiger partial charge is 0.497 e. The van der Waals surface area contributed by atoms with Crippen LogP contribution in [0.5, 0.6) is 5.75 Å². The molecule has 1 N–H and O–H groups in total. The average Bonchev–Trinajstić information content (AvgIpc) is 3.35. The van der Waals surface area contributed by atoms with E-state index in [0.717, 1.165) is 39.9 Å². The molecule has 1 aliphatic heterocycles. The Morgan fingerprint density at radius 1 is 0.971 bits per heavy atom. The Morgan fingerprint density at radius 2 is 1.76 bits per heavy atom. The zero-order valence-electron chi connectivity index (χ0n) is 19.7. The second-order valence-electron chi connectivity index (χ2n) is 8.55. The van der Waals surface area contributed by atoms with Gasteiger partial charge in [0, 0.05) is 29.5 Å². The zero-order chi connectivity index (χ0) is 23.8. The molecule has 2 atom stereocenters. The van der Waals surface area contributed by atoms with Crippen LogP contribution in [0.2, 0.25) is 0 Å². The maximum atomic E-state index is 5.87. The van der Waals surface area contributed by atoms with E-state index >= 15 is 0 Å². The van der Waals surface area contributed by atoms with Gasteiger partial charge < -0.3 is 19.5 Å². The molecule has 0 unspecified atom stereocenters. The second-order valence-corrected chi connectivity index (χ2v) is 8.94. The van der Waals surface area contributed by atoms with E-state index in [1.165, 1.54) is 5.56 Å². The SMILES string of the molecule is COc1ccc(N2C(=S)N[C@@H](c3ccccn3)[C@@H]2c2cc(C)n(-c3ccc(C)cn3)c2C)cc1. The van der Waals surface area contributed by atoms with Crippen LogP contribution in [0.15, 0.2) is 73.1 Å². The van der Waals surface area contributed by atoms with Gasteiger partial charge >= 0.3 is 0 Å². The third-order valence-electron chi connectivity index (χ3n) is 6.36. The summed E-state index contributed by atoms with van der Waals surface area (Å²) in [5.41, 5.74) is 6.52. The van der Waals surface area contributed by atoms with E-state index < -0.39 is 0 Å². The third kappa shape index (κ3) is 3.82. The highest BCUT2D eigenvalue weighted by atomic mass is 32.1. The van der Waals surface area contributed by atoms with Gasteiger partial charge in [-0.3, -0.25) is 4.98 Å². The molecule has 1 saturated heterocycles. The van der Waals surface area contributed by atoms with E-state index in [9.17, 15) is 0 Å².